The Balaban J connectivity index is 3.06. The first-order valence-corrected chi connectivity index (χ1v) is 11.5. The lowest BCUT2D eigenvalue weighted by Crippen LogP contribution is -2.57. The van der Waals surface area contributed by atoms with Crippen molar-refractivity contribution in [3.05, 3.63) is 18.2 Å². The maximum Gasteiger partial charge on any atom is 0.326 e. The Hall–Kier alpha value is -4.05. The van der Waals surface area contributed by atoms with Crippen LogP contribution in [0.25, 0.3) is 0 Å². The zero-order valence-electron chi connectivity index (χ0n) is 20.1. The SMILES string of the molecule is NCCCCC(NC(=O)C(Cc1cnc[nH]1)NC(=O)C(CCC(=O)O)NC(=O)C(N)CC(N)=O)C(=O)O. The number of nitrogens with zero attached hydrogens (tertiary/aromatic N) is 1. The van der Waals surface area contributed by atoms with E-state index >= 15 is 0 Å². The van der Waals surface area contributed by atoms with E-state index < -0.39 is 72.6 Å². The molecule has 0 saturated carbocycles. The number of nitrogens with one attached hydrogen (secondary N) is 4. The van der Waals surface area contributed by atoms with Crippen molar-refractivity contribution < 1.29 is 39.0 Å². The molecule has 0 aromatic carbocycles. The summed E-state index contributed by atoms with van der Waals surface area (Å²) in [6, 6.07) is -5.37. The summed E-state index contributed by atoms with van der Waals surface area (Å²) in [6.45, 7) is 0.353. The summed E-state index contributed by atoms with van der Waals surface area (Å²) in [4.78, 5) is 78.7. The summed E-state index contributed by atoms with van der Waals surface area (Å²) in [5, 5.41) is 25.6. The fourth-order valence-corrected chi connectivity index (χ4v) is 3.25. The number of imidazole rings is 1. The van der Waals surface area contributed by atoms with E-state index in [9.17, 15) is 33.9 Å². The van der Waals surface area contributed by atoms with E-state index in [1.807, 2.05) is 0 Å². The normalized spacial score (nSPS) is 14.0. The van der Waals surface area contributed by atoms with Gasteiger partial charge in [0, 0.05) is 24.7 Å². The van der Waals surface area contributed by atoms with Gasteiger partial charge in [-0.25, -0.2) is 9.78 Å². The van der Waals surface area contributed by atoms with E-state index in [1.54, 1.807) is 0 Å². The average Bonchev–Trinajstić information content (AvgIpc) is 3.32. The highest BCUT2D eigenvalue weighted by atomic mass is 16.4. The van der Waals surface area contributed by atoms with Crippen LogP contribution in [0.2, 0.25) is 0 Å². The fraction of sp³-hybridized carbons (Fsp3) is 0.571. The molecule has 0 aliphatic carbocycles. The summed E-state index contributed by atoms with van der Waals surface area (Å²) in [5.41, 5.74) is 16.5. The molecule has 4 amide bonds. The van der Waals surface area contributed by atoms with Gasteiger partial charge in [-0.15, -0.1) is 0 Å². The van der Waals surface area contributed by atoms with Crippen molar-refractivity contribution in [2.45, 2.75) is 69.1 Å². The van der Waals surface area contributed by atoms with Crippen LogP contribution in [0.1, 0.15) is 44.2 Å². The molecule has 12 N–H and O–H groups in total. The minimum absolute atomic E-state index is 0.109. The molecule has 1 heterocycles. The number of primary amides is 1. The third kappa shape index (κ3) is 12.0. The number of aromatic amines is 1. The second-order valence-corrected chi connectivity index (χ2v) is 8.30. The second-order valence-electron chi connectivity index (χ2n) is 8.30. The number of carboxylic acid groups (broad SMARTS) is 2. The molecule has 0 spiro atoms. The number of carbonyl (C=O) groups excluding carboxylic acids is 4. The molecular formula is C21H34N8O8. The van der Waals surface area contributed by atoms with E-state index in [4.69, 9.17) is 22.3 Å². The van der Waals surface area contributed by atoms with Crippen molar-refractivity contribution in [2.24, 2.45) is 17.2 Å². The number of H-pyrrole nitrogens is 1. The predicted octanol–water partition coefficient (Wildman–Crippen LogP) is -3.31. The lowest BCUT2D eigenvalue weighted by Gasteiger charge is -2.25. The number of hydrogen-bond acceptors (Lipinski definition) is 9. The highest BCUT2D eigenvalue weighted by Gasteiger charge is 2.31. The Morgan fingerprint density at radius 3 is 2.08 bits per heavy atom. The van der Waals surface area contributed by atoms with E-state index in [0.29, 0.717) is 25.1 Å². The number of carboxylic acids is 2. The number of hydrogen-bond donors (Lipinski definition) is 9. The molecular weight excluding hydrogens is 492 g/mol. The summed E-state index contributed by atoms with van der Waals surface area (Å²) in [6.07, 6.45) is 2.35. The van der Waals surface area contributed by atoms with Gasteiger partial charge in [0.1, 0.15) is 18.1 Å². The molecule has 0 radical (unpaired) electrons. The molecule has 0 aliphatic heterocycles. The Morgan fingerprint density at radius 1 is 0.919 bits per heavy atom. The number of nitrogens with two attached hydrogens (primary N) is 3. The lowest BCUT2D eigenvalue weighted by molar-refractivity contribution is -0.142. The Labute approximate surface area is 212 Å². The number of amides is 4. The first-order chi connectivity index (χ1) is 17.4. The van der Waals surface area contributed by atoms with E-state index in [0.717, 1.165) is 0 Å². The van der Waals surface area contributed by atoms with E-state index in [-0.39, 0.29) is 19.3 Å². The molecule has 1 rings (SSSR count). The molecule has 16 heteroatoms. The number of rotatable bonds is 18. The van der Waals surface area contributed by atoms with Crippen LogP contribution in [0.3, 0.4) is 0 Å². The van der Waals surface area contributed by atoms with Gasteiger partial charge in [0.25, 0.3) is 0 Å². The lowest BCUT2D eigenvalue weighted by atomic mass is 10.1. The largest absolute Gasteiger partial charge is 0.481 e. The molecule has 16 nitrogen and oxygen atoms in total. The van der Waals surface area contributed by atoms with Crippen LogP contribution >= 0.6 is 0 Å². The number of aromatic nitrogens is 2. The van der Waals surface area contributed by atoms with Gasteiger partial charge in [-0.1, -0.05) is 0 Å². The van der Waals surface area contributed by atoms with Crippen LogP contribution in [0.15, 0.2) is 12.5 Å². The van der Waals surface area contributed by atoms with Gasteiger partial charge in [-0.2, -0.15) is 0 Å². The minimum Gasteiger partial charge on any atom is -0.481 e. The standard InChI is InChI=1S/C21H34N8O8/c22-6-2-1-3-14(21(36)37)28-20(35)15(7-11-9-25-10-26-11)29-19(34)13(4-5-17(31)32)27-18(33)12(23)8-16(24)30/h9-10,12-15H,1-8,22-23H2,(H2,24,30)(H,25,26)(H,27,33)(H,28,35)(H,29,34)(H,31,32)(H,36,37). The van der Waals surface area contributed by atoms with Gasteiger partial charge < -0.3 is 48.3 Å². The zero-order valence-corrected chi connectivity index (χ0v) is 20.1. The Kier molecular flexibility index (Phi) is 13.3. The smallest absolute Gasteiger partial charge is 0.326 e. The molecule has 206 valence electrons. The van der Waals surface area contributed by atoms with Crippen LogP contribution in [0.5, 0.6) is 0 Å². The van der Waals surface area contributed by atoms with Crippen LogP contribution in [-0.2, 0) is 35.2 Å². The molecule has 4 atom stereocenters. The first kappa shape index (κ1) is 31.0. The maximum atomic E-state index is 13.0. The summed E-state index contributed by atoms with van der Waals surface area (Å²) in [7, 11) is 0. The second kappa shape index (κ2) is 15.8. The molecule has 1 aromatic heterocycles. The number of carbonyl (C=O) groups is 6. The van der Waals surface area contributed by atoms with Gasteiger partial charge in [0.2, 0.25) is 23.6 Å². The molecule has 4 unspecified atom stereocenters. The van der Waals surface area contributed by atoms with Crippen molar-refractivity contribution in [2.75, 3.05) is 6.54 Å². The average molecular weight is 527 g/mol. The topological polar surface area (TPSA) is 286 Å². The maximum absolute atomic E-state index is 13.0. The van der Waals surface area contributed by atoms with Gasteiger partial charge in [-0.05, 0) is 32.2 Å². The van der Waals surface area contributed by atoms with Crippen molar-refractivity contribution in [1.82, 2.24) is 25.9 Å². The monoisotopic (exact) mass is 526 g/mol. The van der Waals surface area contributed by atoms with Crippen molar-refractivity contribution >= 4 is 35.6 Å². The third-order valence-electron chi connectivity index (χ3n) is 5.21. The third-order valence-corrected chi connectivity index (χ3v) is 5.21. The predicted molar refractivity (Wildman–Crippen MR) is 127 cm³/mol. The molecule has 0 saturated heterocycles. The Bertz CT molecular complexity index is 939. The minimum atomic E-state index is -1.43. The van der Waals surface area contributed by atoms with Crippen molar-refractivity contribution in [3.8, 4) is 0 Å². The van der Waals surface area contributed by atoms with Gasteiger partial charge in [0.15, 0.2) is 0 Å². The van der Waals surface area contributed by atoms with Crippen LogP contribution < -0.4 is 33.2 Å². The van der Waals surface area contributed by atoms with Gasteiger partial charge >= 0.3 is 11.9 Å². The van der Waals surface area contributed by atoms with E-state index in [1.165, 1.54) is 12.5 Å². The fourth-order valence-electron chi connectivity index (χ4n) is 3.25. The molecule has 0 bridgehead atoms. The van der Waals surface area contributed by atoms with Gasteiger partial charge in [0.05, 0.1) is 18.8 Å². The first-order valence-electron chi connectivity index (χ1n) is 11.5. The van der Waals surface area contributed by atoms with Crippen LogP contribution in [0, 0.1) is 0 Å². The zero-order chi connectivity index (χ0) is 28.0. The highest BCUT2D eigenvalue weighted by molar-refractivity contribution is 5.95. The Morgan fingerprint density at radius 2 is 1.54 bits per heavy atom. The molecule has 0 aliphatic rings. The highest BCUT2D eigenvalue weighted by Crippen LogP contribution is 2.06. The summed E-state index contributed by atoms with van der Waals surface area (Å²) < 4.78 is 0. The number of aliphatic carboxylic acids is 2. The van der Waals surface area contributed by atoms with Crippen LogP contribution in [0.4, 0.5) is 0 Å². The molecule has 37 heavy (non-hydrogen) atoms. The summed E-state index contributed by atoms with van der Waals surface area (Å²) >= 11 is 0. The van der Waals surface area contributed by atoms with E-state index in [2.05, 4.69) is 25.9 Å². The van der Waals surface area contributed by atoms with Crippen LogP contribution in [-0.4, -0.2) is 86.5 Å². The van der Waals surface area contributed by atoms with Crippen molar-refractivity contribution in [1.29, 1.82) is 0 Å². The quantitative estimate of drug-likeness (QED) is 0.0853. The summed E-state index contributed by atoms with van der Waals surface area (Å²) in [5.74, 6) is -6.05. The molecule has 0 fully saturated rings. The number of unbranched alkanes of at least 4 members (excludes halogenated alkanes) is 1. The van der Waals surface area contributed by atoms with Crippen molar-refractivity contribution in [3.63, 3.8) is 0 Å². The molecule has 1 aromatic rings. The van der Waals surface area contributed by atoms with Gasteiger partial charge in [-0.3, -0.25) is 24.0 Å².